The summed E-state index contributed by atoms with van der Waals surface area (Å²) in [7, 11) is 0. The summed E-state index contributed by atoms with van der Waals surface area (Å²) in [5.41, 5.74) is 0. The zero-order chi connectivity index (χ0) is 27.7. The summed E-state index contributed by atoms with van der Waals surface area (Å²) in [5, 5.41) is 0. The van der Waals surface area contributed by atoms with Crippen molar-refractivity contribution in [1.29, 1.82) is 0 Å². The maximum Gasteiger partial charge on any atom is 0.460 e. The first-order chi connectivity index (χ1) is 13.8. The van der Waals surface area contributed by atoms with E-state index in [1.54, 1.807) is 0 Å². The highest BCUT2D eigenvalue weighted by molar-refractivity contribution is 5.20. The molecule has 0 unspecified atom stereocenters. The summed E-state index contributed by atoms with van der Waals surface area (Å²) in [6, 6.07) is 0. The molecule has 0 fully saturated rings. The van der Waals surface area contributed by atoms with Gasteiger partial charge in [0.25, 0.3) is 0 Å². The second kappa shape index (κ2) is 7.29. The first kappa shape index (κ1) is 31.1. The van der Waals surface area contributed by atoms with Gasteiger partial charge >= 0.3 is 59.5 Å². The molecule has 0 amide bonds. The quantitative estimate of drug-likeness (QED) is 0.232. The van der Waals surface area contributed by atoms with E-state index in [4.69, 9.17) is 6.42 Å². The van der Waals surface area contributed by atoms with Gasteiger partial charge in [0, 0.05) is 0 Å². The van der Waals surface area contributed by atoms with Gasteiger partial charge in [-0.3, -0.25) is 0 Å². The molecular weight excluding hydrogens is 543 g/mol. The van der Waals surface area contributed by atoms with Gasteiger partial charge in [0.1, 0.15) is 0 Å². The fraction of sp³-hybridized carbons (Fsp3) is 0.833. The van der Waals surface area contributed by atoms with Crippen molar-refractivity contribution in [2.75, 3.05) is 0 Å². The smallest absolute Gasteiger partial charge is 0.192 e. The van der Waals surface area contributed by atoms with E-state index in [-0.39, 0.29) is 0 Å². The lowest BCUT2D eigenvalue weighted by atomic mass is 9.86. The Kier molecular flexibility index (Phi) is 6.87. The van der Waals surface area contributed by atoms with Crippen LogP contribution in [-0.4, -0.2) is 59.5 Å². The van der Waals surface area contributed by atoms with E-state index in [1.807, 2.05) is 0 Å². The van der Waals surface area contributed by atoms with Crippen LogP contribution in [0.2, 0.25) is 0 Å². The van der Waals surface area contributed by atoms with Crippen LogP contribution in [0.4, 0.5) is 92.2 Å². The molecule has 0 aromatic rings. The predicted octanol–water partition coefficient (Wildman–Crippen LogP) is 6.86. The molecule has 0 bridgehead atoms. The molecule has 33 heavy (non-hydrogen) atoms. The van der Waals surface area contributed by atoms with E-state index >= 15 is 0 Å². The van der Waals surface area contributed by atoms with E-state index in [1.165, 1.54) is 0 Å². The van der Waals surface area contributed by atoms with Gasteiger partial charge in [-0.15, -0.1) is 0 Å². The third kappa shape index (κ3) is 3.52. The molecule has 0 spiro atoms. The monoisotopic (exact) mass is 543 g/mol. The highest BCUT2D eigenvalue weighted by Gasteiger charge is 2.97. The van der Waals surface area contributed by atoms with Crippen LogP contribution in [0.1, 0.15) is 0 Å². The summed E-state index contributed by atoms with van der Waals surface area (Å²) in [4.78, 5) is 0. The van der Waals surface area contributed by atoms with Crippen molar-refractivity contribution in [1.82, 2.24) is 0 Å². The standard InChI is InChI=1S/C12F21/c1-2-3(13,14)4(15,16)5(17,18)6(19,20)7(21,22)8(23,24)9(25,26)10(27,28)11(29,30)12(31,32)33. The molecule has 0 aromatic heterocycles. The van der Waals surface area contributed by atoms with Gasteiger partial charge in [-0.2, -0.15) is 92.2 Å². The Morgan fingerprint density at radius 2 is 0.485 bits per heavy atom. The van der Waals surface area contributed by atoms with E-state index in [0.717, 1.165) is 0 Å². The zero-order valence-electron chi connectivity index (χ0n) is 13.9. The minimum Gasteiger partial charge on any atom is -0.192 e. The molecule has 195 valence electrons. The SMILES string of the molecule is [C]#CC(F)(F)C(F)(F)C(F)(F)C(F)(F)C(F)(F)C(F)(F)C(F)(F)C(F)(F)C(F)(F)C(F)(F)F. The Labute approximate surface area is 165 Å². The van der Waals surface area contributed by atoms with Crippen LogP contribution in [0.3, 0.4) is 0 Å². The van der Waals surface area contributed by atoms with Crippen LogP contribution in [-0.2, 0) is 0 Å². The van der Waals surface area contributed by atoms with Crippen molar-refractivity contribution < 1.29 is 92.2 Å². The van der Waals surface area contributed by atoms with Gasteiger partial charge in [-0.1, -0.05) is 0 Å². The normalized spacial score (nSPS) is 16.6. The number of rotatable bonds is 8. The number of alkyl halides is 21. The Morgan fingerprint density at radius 1 is 0.303 bits per heavy atom. The van der Waals surface area contributed by atoms with Crippen molar-refractivity contribution in [3.63, 3.8) is 0 Å². The first-order valence-electron chi connectivity index (χ1n) is 6.72. The zero-order valence-corrected chi connectivity index (χ0v) is 13.9. The lowest BCUT2D eigenvalue weighted by Gasteiger charge is -2.44. The second-order valence-corrected chi connectivity index (χ2v) is 5.79. The Bertz CT molecular complexity index is 774. The fourth-order valence-corrected chi connectivity index (χ4v) is 1.64. The molecule has 0 aliphatic carbocycles. The van der Waals surface area contributed by atoms with Crippen LogP contribution in [0.25, 0.3) is 0 Å². The molecule has 0 saturated carbocycles. The Balaban J connectivity index is 7.07. The molecule has 0 saturated heterocycles. The third-order valence-corrected chi connectivity index (χ3v) is 3.67. The number of hydrogen-bond acceptors (Lipinski definition) is 0. The van der Waals surface area contributed by atoms with Gasteiger partial charge < -0.3 is 0 Å². The highest BCUT2D eigenvalue weighted by atomic mass is 19.4. The van der Waals surface area contributed by atoms with Crippen molar-refractivity contribution >= 4 is 0 Å². The molecular formula is C12F21. The molecule has 0 rings (SSSR count). The molecule has 0 nitrogen and oxygen atoms in total. The van der Waals surface area contributed by atoms with Crippen molar-refractivity contribution in [2.45, 2.75) is 59.5 Å². The van der Waals surface area contributed by atoms with Gasteiger partial charge in [0.15, 0.2) is 0 Å². The second-order valence-electron chi connectivity index (χ2n) is 5.79. The molecule has 0 aliphatic heterocycles. The van der Waals surface area contributed by atoms with Gasteiger partial charge in [0.05, 0.1) is 0 Å². The molecule has 0 atom stereocenters. The van der Waals surface area contributed by atoms with Crippen molar-refractivity contribution in [3.8, 4) is 5.92 Å². The Hall–Kier alpha value is -1.91. The van der Waals surface area contributed by atoms with Gasteiger partial charge in [-0.05, 0) is 12.3 Å². The Morgan fingerprint density at radius 3 is 0.667 bits per heavy atom. The van der Waals surface area contributed by atoms with E-state index in [9.17, 15) is 92.2 Å². The van der Waals surface area contributed by atoms with Crippen LogP contribution in [0.5, 0.6) is 0 Å². The van der Waals surface area contributed by atoms with E-state index in [2.05, 4.69) is 0 Å². The van der Waals surface area contributed by atoms with Crippen molar-refractivity contribution in [3.05, 3.63) is 6.42 Å². The summed E-state index contributed by atoms with van der Waals surface area (Å²) in [5.74, 6) is -78.6. The first-order valence-corrected chi connectivity index (χ1v) is 6.72. The van der Waals surface area contributed by atoms with Crippen molar-refractivity contribution in [2.24, 2.45) is 0 Å². The summed E-state index contributed by atoms with van der Waals surface area (Å²) in [6.07, 6.45) is -2.48. The fourth-order valence-electron chi connectivity index (χ4n) is 1.64. The lowest BCUT2D eigenvalue weighted by molar-refractivity contribution is -0.472. The maximum absolute atomic E-state index is 13.2. The molecule has 0 aliphatic rings. The van der Waals surface area contributed by atoms with Crippen LogP contribution in [0, 0.1) is 12.3 Å². The lowest BCUT2D eigenvalue weighted by Crippen LogP contribution is -2.76. The average molecular weight is 543 g/mol. The van der Waals surface area contributed by atoms with E-state index < -0.39 is 65.4 Å². The molecule has 1 radical (unpaired) electrons. The minimum atomic E-state index is -9.19. The number of hydrogen-bond donors (Lipinski definition) is 0. The largest absolute Gasteiger partial charge is 0.460 e. The van der Waals surface area contributed by atoms with Crippen LogP contribution >= 0.6 is 0 Å². The molecule has 0 N–H and O–H groups in total. The average Bonchev–Trinajstić information content (AvgIpc) is 2.59. The summed E-state index contributed by atoms with van der Waals surface area (Å²) in [6.45, 7) is 0. The number of halogens is 21. The maximum atomic E-state index is 13.2. The topological polar surface area (TPSA) is 0 Å². The minimum absolute atomic E-state index is 0.930. The summed E-state index contributed by atoms with van der Waals surface area (Å²) < 4.78 is 269. The van der Waals surface area contributed by atoms with Crippen LogP contribution < -0.4 is 0 Å². The van der Waals surface area contributed by atoms with E-state index in [0.29, 0.717) is 0 Å². The van der Waals surface area contributed by atoms with Gasteiger partial charge in [0.2, 0.25) is 0 Å². The summed E-state index contributed by atoms with van der Waals surface area (Å²) >= 11 is 0. The molecule has 0 aromatic carbocycles. The van der Waals surface area contributed by atoms with Crippen LogP contribution in [0.15, 0.2) is 0 Å². The highest BCUT2D eigenvalue weighted by Crippen LogP contribution is 2.66. The third-order valence-electron chi connectivity index (χ3n) is 3.67. The van der Waals surface area contributed by atoms with Gasteiger partial charge in [-0.25, -0.2) is 0 Å². The molecule has 21 heteroatoms. The molecule has 0 heterocycles. The predicted molar refractivity (Wildman–Crippen MR) is 57.7 cm³/mol.